The Labute approximate surface area is 84.2 Å². The van der Waals surface area contributed by atoms with E-state index in [9.17, 15) is 4.79 Å². The Morgan fingerprint density at radius 3 is 2.79 bits per heavy atom. The normalized spacial score (nSPS) is 28.4. The third-order valence-corrected chi connectivity index (χ3v) is 2.40. The van der Waals surface area contributed by atoms with E-state index in [-0.39, 0.29) is 11.7 Å². The molecule has 0 bridgehead atoms. The Kier molecular flexibility index (Phi) is 3.50. The molecule has 0 aliphatic carbocycles. The first-order valence-corrected chi connectivity index (χ1v) is 4.93. The molecule has 0 saturated carbocycles. The van der Waals surface area contributed by atoms with E-state index in [1.54, 1.807) is 6.92 Å². The monoisotopic (exact) mass is 202 g/mol. The van der Waals surface area contributed by atoms with E-state index in [2.05, 4.69) is 0 Å². The SMILES string of the molecule is CC(OC1CCOC(C)(C)C1)C(=O)O. The predicted molar refractivity (Wildman–Crippen MR) is 51.2 cm³/mol. The van der Waals surface area contributed by atoms with E-state index in [0.29, 0.717) is 6.61 Å². The molecule has 1 N–H and O–H groups in total. The fourth-order valence-corrected chi connectivity index (χ4v) is 1.64. The summed E-state index contributed by atoms with van der Waals surface area (Å²) >= 11 is 0. The van der Waals surface area contributed by atoms with Gasteiger partial charge in [-0.05, 0) is 27.2 Å². The van der Waals surface area contributed by atoms with Crippen molar-refractivity contribution in [1.29, 1.82) is 0 Å². The number of carboxylic acid groups (broad SMARTS) is 1. The van der Waals surface area contributed by atoms with Crippen LogP contribution in [0.3, 0.4) is 0 Å². The van der Waals surface area contributed by atoms with Gasteiger partial charge in [0.05, 0.1) is 11.7 Å². The zero-order valence-corrected chi connectivity index (χ0v) is 8.95. The molecule has 2 unspecified atom stereocenters. The molecule has 0 aromatic rings. The summed E-state index contributed by atoms with van der Waals surface area (Å²) in [6.07, 6.45) is 0.810. The molecule has 0 amide bonds. The van der Waals surface area contributed by atoms with Crippen LogP contribution in [0.25, 0.3) is 0 Å². The van der Waals surface area contributed by atoms with E-state index in [4.69, 9.17) is 14.6 Å². The first-order chi connectivity index (χ1) is 6.41. The zero-order valence-electron chi connectivity index (χ0n) is 8.95. The quantitative estimate of drug-likeness (QED) is 0.752. The van der Waals surface area contributed by atoms with E-state index in [1.165, 1.54) is 0 Å². The van der Waals surface area contributed by atoms with Gasteiger partial charge in [-0.25, -0.2) is 4.79 Å². The van der Waals surface area contributed by atoms with Crippen LogP contribution in [0.2, 0.25) is 0 Å². The van der Waals surface area contributed by atoms with Crippen LogP contribution in [0, 0.1) is 0 Å². The summed E-state index contributed by atoms with van der Waals surface area (Å²) in [5.41, 5.74) is -0.193. The second kappa shape index (κ2) is 4.28. The smallest absolute Gasteiger partial charge is 0.332 e. The third kappa shape index (κ3) is 3.27. The van der Waals surface area contributed by atoms with Crippen molar-refractivity contribution in [2.24, 2.45) is 0 Å². The third-order valence-electron chi connectivity index (χ3n) is 2.40. The maximum Gasteiger partial charge on any atom is 0.332 e. The lowest BCUT2D eigenvalue weighted by Crippen LogP contribution is -2.40. The highest BCUT2D eigenvalue weighted by Gasteiger charge is 2.31. The fraction of sp³-hybridized carbons (Fsp3) is 0.900. The number of ether oxygens (including phenoxy) is 2. The van der Waals surface area contributed by atoms with Crippen molar-refractivity contribution in [3.63, 3.8) is 0 Å². The average Bonchev–Trinajstić information content (AvgIpc) is 2.01. The molecule has 2 atom stereocenters. The van der Waals surface area contributed by atoms with Crippen molar-refractivity contribution in [2.45, 2.75) is 51.4 Å². The minimum atomic E-state index is -0.908. The molecule has 1 rings (SSSR count). The van der Waals surface area contributed by atoms with Crippen molar-refractivity contribution < 1.29 is 19.4 Å². The molecule has 1 heterocycles. The second-order valence-electron chi connectivity index (χ2n) is 4.34. The minimum Gasteiger partial charge on any atom is -0.479 e. The number of hydrogen-bond donors (Lipinski definition) is 1. The van der Waals surface area contributed by atoms with Gasteiger partial charge in [-0.1, -0.05) is 0 Å². The standard InChI is InChI=1S/C10H18O4/c1-7(9(11)12)14-8-4-5-13-10(2,3)6-8/h7-8H,4-6H2,1-3H3,(H,11,12). The molecule has 1 aliphatic heterocycles. The lowest BCUT2D eigenvalue weighted by Gasteiger charge is -2.35. The molecule has 4 heteroatoms. The zero-order chi connectivity index (χ0) is 10.8. The Bertz CT molecular complexity index is 212. The average molecular weight is 202 g/mol. The fourth-order valence-electron chi connectivity index (χ4n) is 1.64. The summed E-state index contributed by atoms with van der Waals surface area (Å²) in [6, 6.07) is 0. The highest BCUT2D eigenvalue weighted by Crippen LogP contribution is 2.26. The molecule has 1 fully saturated rings. The lowest BCUT2D eigenvalue weighted by molar-refractivity contribution is -0.164. The van der Waals surface area contributed by atoms with Gasteiger partial charge in [-0.3, -0.25) is 0 Å². The summed E-state index contributed by atoms with van der Waals surface area (Å²) < 4.78 is 10.9. The van der Waals surface area contributed by atoms with Gasteiger partial charge in [0, 0.05) is 13.0 Å². The van der Waals surface area contributed by atoms with Crippen LogP contribution in [0.1, 0.15) is 33.6 Å². The topological polar surface area (TPSA) is 55.8 Å². The molecule has 4 nitrogen and oxygen atoms in total. The van der Waals surface area contributed by atoms with Crippen LogP contribution >= 0.6 is 0 Å². The summed E-state index contributed by atoms with van der Waals surface area (Å²) in [6.45, 7) is 6.19. The van der Waals surface area contributed by atoms with Crippen molar-refractivity contribution >= 4 is 5.97 Å². The number of rotatable bonds is 3. The van der Waals surface area contributed by atoms with Gasteiger partial charge < -0.3 is 14.6 Å². The second-order valence-corrected chi connectivity index (χ2v) is 4.34. The van der Waals surface area contributed by atoms with Crippen LogP contribution in [0.5, 0.6) is 0 Å². The molecule has 0 spiro atoms. The van der Waals surface area contributed by atoms with E-state index in [1.807, 2.05) is 13.8 Å². The maximum atomic E-state index is 10.6. The number of aliphatic carboxylic acids is 1. The molecular formula is C10H18O4. The molecule has 0 aromatic carbocycles. The molecule has 0 aromatic heterocycles. The van der Waals surface area contributed by atoms with Gasteiger partial charge in [-0.15, -0.1) is 0 Å². The van der Waals surface area contributed by atoms with Crippen molar-refractivity contribution in [3.05, 3.63) is 0 Å². The summed E-state index contributed by atoms with van der Waals surface area (Å²) in [5.74, 6) is -0.908. The van der Waals surface area contributed by atoms with E-state index in [0.717, 1.165) is 12.8 Å². The highest BCUT2D eigenvalue weighted by atomic mass is 16.5. The van der Waals surface area contributed by atoms with Gasteiger partial charge in [0.1, 0.15) is 0 Å². The first kappa shape index (κ1) is 11.5. The van der Waals surface area contributed by atoms with Crippen LogP contribution < -0.4 is 0 Å². The summed E-state index contributed by atoms with van der Waals surface area (Å²) in [4.78, 5) is 10.6. The summed E-state index contributed by atoms with van der Waals surface area (Å²) in [5, 5.41) is 8.69. The Hall–Kier alpha value is -0.610. The molecule has 0 radical (unpaired) electrons. The number of carboxylic acids is 1. The number of carbonyl (C=O) groups is 1. The molecule has 1 aliphatic rings. The maximum absolute atomic E-state index is 10.6. The van der Waals surface area contributed by atoms with Gasteiger partial charge in [-0.2, -0.15) is 0 Å². The lowest BCUT2D eigenvalue weighted by atomic mass is 9.96. The molecule has 82 valence electrons. The summed E-state index contributed by atoms with van der Waals surface area (Å²) in [7, 11) is 0. The van der Waals surface area contributed by atoms with Crippen LogP contribution in [-0.4, -0.2) is 35.5 Å². The molecule has 1 saturated heterocycles. The molecule has 14 heavy (non-hydrogen) atoms. The Balaban J connectivity index is 2.42. The van der Waals surface area contributed by atoms with Gasteiger partial charge in [0.25, 0.3) is 0 Å². The van der Waals surface area contributed by atoms with Gasteiger partial charge in [0.2, 0.25) is 0 Å². The molecular weight excluding hydrogens is 184 g/mol. The van der Waals surface area contributed by atoms with E-state index < -0.39 is 12.1 Å². The Morgan fingerprint density at radius 2 is 2.29 bits per heavy atom. The minimum absolute atomic E-state index is 0.00449. The van der Waals surface area contributed by atoms with Crippen molar-refractivity contribution in [2.75, 3.05) is 6.61 Å². The van der Waals surface area contributed by atoms with Crippen LogP contribution in [-0.2, 0) is 14.3 Å². The van der Waals surface area contributed by atoms with Crippen molar-refractivity contribution in [3.8, 4) is 0 Å². The Morgan fingerprint density at radius 1 is 1.64 bits per heavy atom. The van der Waals surface area contributed by atoms with Crippen molar-refractivity contribution in [1.82, 2.24) is 0 Å². The van der Waals surface area contributed by atoms with Crippen LogP contribution in [0.15, 0.2) is 0 Å². The van der Waals surface area contributed by atoms with Gasteiger partial charge >= 0.3 is 5.97 Å². The highest BCUT2D eigenvalue weighted by molar-refractivity contribution is 5.71. The number of hydrogen-bond acceptors (Lipinski definition) is 3. The van der Waals surface area contributed by atoms with Crippen LogP contribution in [0.4, 0.5) is 0 Å². The largest absolute Gasteiger partial charge is 0.479 e. The van der Waals surface area contributed by atoms with Gasteiger partial charge in [0.15, 0.2) is 6.10 Å². The van der Waals surface area contributed by atoms with E-state index >= 15 is 0 Å². The predicted octanol–water partition coefficient (Wildman–Crippen LogP) is 1.43. The first-order valence-electron chi connectivity index (χ1n) is 4.93.